The van der Waals surface area contributed by atoms with Crippen molar-refractivity contribution in [1.29, 1.82) is 0 Å². The maximum atomic E-state index is 14.9. The summed E-state index contributed by atoms with van der Waals surface area (Å²) in [5.41, 5.74) is 7.57. The number of carboxylic acid groups (broad SMARTS) is 1. The number of nitrogens with two attached hydrogens (primary N) is 1. The monoisotopic (exact) mass is 615 g/mol. The number of hydrogen-bond donors (Lipinski definition) is 2. The molecule has 5 aromatic rings. The molecule has 0 radical (unpaired) electrons. The molecule has 43 heavy (non-hydrogen) atoms. The molecule has 220 valence electrons. The van der Waals surface area contributed by atoms with Crippen molar-refractivity contribution in [3.63, 3.8) is 0 Å². The van der Waals surface area contributed by atoms with Crippen LogP contribution in [-0.2, 0) is 28.0 Å². The molecule has 1 aliphatic rings. The average molecular weight is 616 g/mol. The summed E-state index contributed by atoms with van der Waals surface area (Å²) in [4.78, 5) is 16.0. The molecule has 1 unspecified atom stereocenters. The number of nitrogens with zero attached hydrogens (tertiary/aromatic N) is 3. The number of rotatable bonds is 10. The van der Waals surface area contributed by atoms with E-state index in [-0.39, 0.29) is 10.6 Å². The van der Waals surface area contributed by atoms with Crippen LogP contribution in [0.5, 0.6) is 0 Å². The van der Waals surface area contributed by atoms with Gasteiger partial charge in [-0.05, 0) is 71.6 Å². The minimum atomic E-state index is -2.30. The molecular formula is C33H32FN4O3S2+. The number of benzene rings is 3. The smallest absolute Gasteiger partial charge is 0.355 e. The Bertz CT molecular complexity index is 1860. The van der Waals surface area contributed by atoms with Gasteiger partial charge in [-0.2, -0.15) is 5.10 Å². The van der Waals surface area contributed by atoms with E-state index >= 15 is 0 Å². The van der Waals surface area contributed by atoms with Gasteiger partial charge in [-0.25, -0.2) is 18.9 Å². The quantitative estimate of drug-likeness (QED) is 0.129. The minimum absolute atomic E-state index is 0.00631. The van der Waals surface area contributed by atoms with Crippen molar-refractivity contribution in [2.75, 3.05) is 0 Å². The molecule has 2 aromatic heterocycles. The molecule has 6 rings (SSSR count). The number of hydrogen-bond acceptors (Lipinski definition) is 5. The number of carbonyl (C=O) groups is 1. The lowest BCUT2D eigenvalue weighted by Crippen LogP contribution is -2.07. The SMILES string of the molecule is CC(C)c1cccc(-c2cccc(-c3nn(-c4nc(C(=O)O)cs4)c(CC4CC4)c3Cc3ccc([SH+](N)=O)c(F)c3)c2)c1. The topological polar surface area (TPSA) is 111 Å². The van der Waals surface area contributed by atoms with Crippen LogP contribution in [0.2, 0.25) is 0 Å². The first-order valence-corrected chi connectivity index (χ1v) is 16.4. The number of aromatic nitrogens is 3. The van der Waals surface area contributed by atoms with Crippen LogP contribution in [0.4, 0.5) is 4.39 Å². The summed E-state index contributed by atoms with van der Waals surface area (Å²) in [7, 11) is -2.30. The number of thiazole rings is 1. The Kier molecular flexibility index (Phi) is 8.09. The molecule has 2 heterocycles. The van der Waals surface area contributed by atoms with Crippen molar-refractivity contribution in [3.8, 4) is 27.5 Å². The first-order chi connectivity index (χ1) is 20.7. The van der Waals surface area contributed by atoms with Crippen LogP contribution in [-0.4, -0.2) is 25.8 Å². The molecule has 0 amide bonds. The molecule has 3 aromatic carbocycles. The maximum Gasteiger partial charge on any atom is 0.355 e. The van der Waals surface area contributed by atoms with Gasteiger partial charge in [0.25, 0.3) is 0 Å². The highest BCUT2D eigenvalue weighted by molar-refractivity contribution is 7.82. The fraction of sp³-hybridized carbons (Fsp3) is 0.242. The normalized spacial score (nSPS) is 13.9. The van der Waals surface area contributed by atoms with Gasteiger partial charge in [0.1, 0.15) is 0 Å². The highest BCUT2D eigenvalue weighted by atomic mass is 32.2. The van der Waals surface area contributed by atoms with Crippen LogP contribution in [0.15, 0.2) is 77.0 Å². The van der Waals surface area contributed by atoms with Gasteiger partial charge in [0.2, 0.25) is 10.0 Å². The van der Waals surface area contributed by atoms with E-state index in [1.54, 1.807) is 10.7 Å². The second kappa shape index (κ2) is 11.9. The third-order valence-corrected chi connectivity index (χ3v) is 9.47. The predicted octanol–water partition coefficient (Wildman–Crippen LogP) is 7.10. The standard InChI is InChI=1S/C33H31FN4O3S2/c1-19(2)22-5-3-6-23(16-22)24-7-4-8-25(17-24)31-26(13-21-11-12-30(43(35)41)27(34)14-21)29(15-20-9-10-20)38(37-31)33-36-28(18-42-33)32(39)40/h3-8,11-12,14,16-20H,9-10,13,15H2,1-2H3,(H2,35,41)(H,39,40)/p+1. The Morgan fingerprint density at radius 2 is 1.81 bits per heavy atom. The van der Waals surface area contributed by atoms with Gasteiger partial charge in [0.05, 0.1) is 11.4 Å². The first-order valence-electron chi connectivity index (χ1n) is 14.2. The van der Waals surface area contributed by atoms with Crippen molar-refractivity contribution in [1.82, 2.24) is 14.8 Å². The van der Waals surface area contributed by atoms with Gasteiger partial charge < -0.3 is 5.11 Å². The van der Waals surface area contributed by atoms with E-state index in [1.807, 2.05) is 12.1 Å². The third-order valence-electron chi connectivity index (χ3n) is 7.81. The van der Waals surface area contributed by atoms with Crippen molar-refractivity contribution in [2.24, 2.45) is 11.1 Å². The fourth-order valence-corrected chi connectivity index (χ4v) is 6.56. The Hall–Kier alpha value is -3.99. The average Bonchev–Trinajstić information content (AvgIpc) is 3.55. The molecule has 1 atom stereocenters. The van der Waals surface area contributed by atoms with Gasteiger partial charge in [-0.1, -0.05) is 66.6 Å². The van der Waals surface area contributed by atoms with Gasteiger partial charge in [-0.3, -0.25) is 0 Å². The molecule has 1 fully saturated rings. The summed E-state index contributed by atoms with van der Waals surface area (Å²) in [6.45, 7) is 4.34. The highest BCUT2D eigenvalue weighted by Crippen LogP contribution is 2.39. The lowest BCUT2D eigenvalue weighted by Gasteiger charge is -2.11. The summed E-state index contributed by atoms with van der Waals surface area (Å²) in [5.74, 6) is -0.805. The zero-order valence-corrected chi connectivity index (χ0v) is 25.5. The second-order valence-electron chi connectivity index (χ2n) is 11.3. The number of aromatic carboxylic acids is 1. The van der Waals surface area contributed by atoms with Crippen molar-refractivity contribution in [3.05, 3.63) is 106 Å². The van der Waals surface area contributed by atoms with Gasteiger partial charge in [-0.15, -0.1) is 16.5 Å². The minimum Gasteiger partial charge on any atom is -0.476 e. The van der Waals surface area contributed by atoms with E-state index in [0.29, 0.717) is 29.0 Å². The fourth-order valence-electron chi connectivity index (χ4n) is 5.29. The summed E-state index contributed by atoms with van der Waals surface area (Å²) in [6.07, 6.45) is 3.33. The summed E-state index contributed by atoms with van der Waals surface area (Å²) in [5, 5.41) is 22.1. The van der Waals surface area contributed by atoms with Crippen LogP contribution >= 0.6 is 11.3 Å². The van der Waals surface area contributed by atoms with Crippen molar-refractivity contribution >= 4 is 28.3 Å². The third kappa shape index (κ3) is 6.22. The second-order valence-corrected chi connectivity index (χ2v) is 13.3. The Morgan fingerprint density at radius 3 is 2.47 bits per heavy atom. The predicted molar refractivity (Wildman–Crippen MR) is 169 cm³/mol. The molecule has 7 nitrogen and oxygen atoms in total. The molecule has 3 N–H and O–H groups in total. The molecule has 1 saturated carbocycles. The molecular weight excluding hydrogens is 584 g/mol. The Balaban J connectivity index is 1.51. The maximum absolute atomic E-state index is 14.9. The molecule has 0 spiro atoms. The van der Waals surface area contributed by atoms with Crippen LogP contribution in [0, 0.1) is 11.7 Å². The Labute approximate surface area is 255 Å². The highest BCUT2D eigenvalue weighted by Gasteiger charge is 2.29. The van der Waals surface area contributed by atoms with Crippen LogP contribution < -0.4 is 5.14 Å². The van der Waals surface area contributed by atoms with E-state index in [9.17, 15) is 18.5 Å². The number of thiol groups is 1. The largest absolute Gasteiger partial charge is 0.476 e. The van der Waals surface area contributed by atoms with E-state index in [1.165, 1.54) is 34.4 Å². The number of halogens is 1. The van der Waals surface area contributed by atoms with Crippen LogP contribution in [0.25, 0.3) is 27.5 Å². The summed E-state index contributed by atoms with van der Waals surface area (Å²) >= 11 is 1.23. The van der Waals surface area contributed by atoms with E-state index in [4.69, 9.17) is 10.2 Å². The summed E-state index contributed by atoms with van der Waals surface area (Å²) < 4.78 is 28.4. The molecule has 0 aliphatic heterocycles. The van der Waals surface area contributed by atoms with Crippen LogP contribution in [0.1, 0.15) is 65.5 Å². The van der Waals surface area contributed by atoms with E-state index in [2.05, 4.69) is 55.2 Å². The van der Waals surface area contributed by atoms with E-state index in [0.717, 1.165) is 52.9 Å². The Morgan fingerprint density at radius 1 is 1.09 bits per heavy atom. The molecule has 0 bridgehead atoms. The van der Waals surface area contributed by atoms with Gasteiger partial charge >= 0.3 is 5.97 Å². The first kappa shape index (κ1) is 29.1. The lowest BCUT2D eigenvalue weighted by molar-refractivity contribution is 0.0691. The van der Waals surface area contributed by atoms with Crippen LogP contribution in [0.3, 0.4) is 0 Å². The van der Waals surface area contributed by atoms with Crippen molar-refractivity contribution < 1.29 is 18.5 Å². The van der Waals surface area contributed by atoms with Gasteiger partial charge in [0.15, 0.2) is 22.5 Å². The zero-order valence-electron chi connectivity index (χ0n) is 23.8. The molecule has 0 saturated heterocycles. The molecule has 10 heteroatoms. The zero-order chi connectivity index (χ0) is 30.2. The molecule has 1 aliphatic carbocycles. The van der Waals surface area contributed by atoms with E-state index < -0.39 is 22.8 Å². The lowest BCUT2D eigenvalue weighted by atomic mass is 9.94. The van der Waals surface area contributed by atoms with Gasteiger partial charge in [0, 0.05) is 22.9 Å². The number of carboxylic acids is 1. The van der Waals surface area contributed by atoms with Crippen molar-refractivity contribution in [2.45, 2.75) is 50.3 Å². The summed E-state index contributed by atoms with van der Waals surface area (Å²) in [6, 6.07) is 21.3.